The summed E-state index contributed by atoms with van der Waals surface area (Å²) >= 11 is 6.00. The Labute approximate surface area is 68.4 Å². The lowest BCUT2D eigenvalue weighted by Crippen LogP contribution is -2.29. The molecule has 0 aliphatic carbocycles. The van der Waals surface area contributed by atoms with E-state index < -0.39 is 0 Å². The zero-order valence-corrected chi connectivity index (χ0v) is 7.73. The van der Waals surface area contributed by atoms with Crippen LogP contribution in [0, 0.1) is 5.92 Å². The summed E-state index contributed by atoms with van der Waals surface area (Å²) in [6, 6.07) is 0.711. The van der Waals surface area contributed by atoms with Crippen molar-refractivity contribution in [1.29, 1.82) is 0 Å². The van der Waals surface area contributed by atoms with Crippen LogP contribution in [0.15, 0.2) is 0 Å². The van der Waals surface area contributed by atoms with E-state index in [1.165, 1.54) is 0 Å². The first-order valence-electron chi connectivity index (χ1n) is 3.95. The second-order valence-corrected chi connectivity index (χ2v) is 4.20. The fourth-order valence-electron chi connectivity index (χ4n) is 1.75. The first-order chi connectivity index (χ1) is 4.61. The third-order valence-electron chi connectivity index (χ3n) is 2.32. The second-order valence-electron chi connectivity index (χ2n) is 3.58. The summed E-state index contributed by atoms with van der Waals surface area (Å²) in [5.74, 6) is 0.744. The zero-order chi connectivity index (χ0) is 7.72. The third-order valence-corrected chi connectivity index (χ3v) is 2.64. The number of likely N-dealkylation sites (tertiary alicyclic amines) is 1. The van der Waals surface area contributed by atoms with E-state index in [0.717, 1.165) is 18.9 Å². The SMILES string of the molecule is CC(C)C1CC(Cl)CN1C. The molecule has 0 spiro atoms. The van der Waals surface area contributed by atoms with Gasteiger partial charge in [-0.1, -0.05) is 13.8 Å². The predicted molar refractivity (Wildman–Crippen MR) is 45.5 cm³/mol. The van der Waals surface area contributed by atoms with Crippen LogP contribution in [0.5, 0.6) is 0 Å². The fourth-order valence-corrected chi connectivity index (χ4v) is 2.15. The average molecular weight is 162 g/mol. The van der Waals surface area contributed by atoms with E-state index in [-0.39, 0.29) is 0 Å². The Balaban J connectivity index is 2.46. The number of alkyl halides is 1. The van der Waals surface area contributed by atoms with Gasteiger partial charge in [-0.15, -0.1) is 11.6 Å². The Kier molecular flexibility index (Phi) is 2.59. The van der Waals surface area contributed by atoms with Crippen molar-refractivity contribution in [2.75, 3.05) is 13.6 Å². The van der Waals surface area contributed by atoms with Crippen molar-refractivity contribution in [3.8, 4) is 0 Å². The predicted octanol–water partition coefficient (Wildman–Crippen LogP) is 1.95. The Morgan fingerprint density at radius 1 is 1.50 bits per heavy atom. The van der Waals surface area contributed by atoms with E-state index in [1.807, 2.05) is 0 Å². The first kappa shape index (κ1) is 8.35. The number of rotatable bonds is 1. The van der Waals surface area contributed by atoms with Crippen molar-refractivity contribution in [3.05, 3.63) is 0 Å². The lowest BCUT2D eigenvalue weighted by atomic mass is 10.0. The quantitative estimate of drug-likeness (QED) is 0.532. The summed E-state index contributed by atoms with van der Waals surface area (Å²) in [4.78, 5) is 2.36. The van der Waals surface area contributed by atoms with Crippen molar-refractivity contribution < 1.29 is 0 Å². The number of nitrogens with zero attached hydrogens (tertiary/aromatic N) is 1. The molecule has 10 heavy (non-hydrogen) atoms. The monoisotopic (exact) mass is 161 g/mol. The Hall–Kier alpha value is 0.250. The zero-order valence-electron chi connectivity index (χ0n) is 6.97. The molecule has 0 amide bonds. The van der Waals surface area contributed by atoms with E-state index in [1.54, 1.807) is 0 Å². The molecule has 0 aromatic rings. The van der Waals surface area contributed by atoms with E-state index in [0.29, 0.717) is 11.4 Å². The van der Waals surface area contributed by atoms with E-state index in [9.17, 15) is 0 Å². The molecule has 1 heterocycles. The van der Waals surface area contributed by atoms with Crippen molar-refractivity contribution in [2.45, 2.75) is 31.7 Å². The molecule has 0 aromatic heterocycles. The molecule has 1 nitrogen and oxygen atoms in total. The summed E-state index contributed by atoms with van der Waals surface area (Å²) in [6.45, 7) is 5.58. The minimum Gasteiger partial charge on any atom is -0.302 e. The lowest BCUT2D eigenvalue weighted by Gasteiger charge is -2.22. The maximum atomic E-state index is 6.00. The highest BCUT2D eigenvalue weighted by atomic mass is 35.5. The fraction of sp³-hybridized carbons (Fsp3) is 1.00. The maximum Gasteiger partial charge on any atom is 0.0478 e. The molecule has 1 rings (SSSR count). The molecule has 1 fully saturated rings. The van der Waals surface area contributed by atoms with Crippen LogP contribution < -0.4 is 0 Å². The molecule has 0 radical (unpaired) electrons. The van der Waals surface area contributed by atoms with Gasteiger partial charge in [0.25, 0.3) is 0 Å². The van der Waals surface area contributed by atoms with Crippen molar-refractivity contribution in [1.82, 2.24) is 4.90 Å². The van der Waals surface area contributed by atoms with Gasteiger partial charge < -0.3 is 4.90 Å². The molecule has 2 atom stereocenters. The first-order valence-corrected chi connectivity index (χ1v) is 4.39. The van der Waals surface area contributed by atoms with Gasteiger partial charge in [0.2, 0.25) is 0 Å². The van der Waals surface area contributed by atoms with Gasteiger partial charge in [0.15, 0.2) is 0 Å². The molecular weight excluding hydrogens is 146 g/mol. The summed E-state index contributed by atoms with van der Waals surface area (Å²) in [5.41, 5.74) is 0. The van der Waals surface area contributed by atoms with Crippen LogP contribution in [0.25, 0.3) is 0 Å². The smallest absolute Gasteiger partial charge is 0.0478 e. The molecule has 2 unspecified atom stereocenters. The third kappa shape index (κ3) is 1.64. The lowest BCUT2D eigenvalue weighted by molar-refractivity contribution is 0.250. The maximum absolute atomic E-state index is 6.00. The van der Waals surface area contributed by atoms with Crippen LogP contribution in [-0.4, -0.2) is 29.9 Å². The Bertz CT molecular complexity index is 114. The molecule has 1 aliphatic rings. The minimum atomic E-state index is 0.386. The number of hydrogen-bond acceptors (Lipinski definition) is 1. The van der Waals surface area contributed by atoms with Crippen LogP contribution in [0.2, 0.25) is 0 Å². The van der Waals surface area contributed by atoms with Crippen LogP contribution in [-0.2, 0) is 0 Å². The average Bonchev–Trinajstić information content (AvgIpc) is 2.10. The van der Waals surface area contributed by atoms with E-state index >= 15 is 0 Å². The second kappa shape index (κ2) is 3.10. The van der Waals surface area contributed by atoms with Gasteiger partial charge in [0.1, 0.15) is 0 Å². The van der Waals surface area contributed by atoms with Gasteiger partial charge >= 0.3 is 0 Å². The van der Waals surface area contributed by atoms with Gasteiger partial charge in [-0.25, -0.2) is 0 Å². The molecule has 2 heteroatoms. The molecule has 1 saturated heterocycles. The van der Waals surface area contributed by atoms with Crippen molar-refractivity contribution in [3.63, 3.8) is 0 Å². The van der Waals surface area contributed by atoms with Gasteiger partial charge in [-0.3, -0.25) is 0 Å². The highest BCUT2D eigenvalue weighted by Gasteiger charge is 2.29. The summed E-state index contributed by atoms with van der Waals surface area (Å²) in [6.07, 6.45) is 1.16. The van der Waals surface area contributed by atoms with Gasteiger partial charge in [0.05, 0.1) is 0 Å². The minimum absolute atomic E-state index is 0.386. The van der Waals surface area contributed by atoms with E-state index in [4.69, 9.17) is 11.6 Å². The van der Waals surface area contributed by atoms with Gasteiger partial charge in [-0.05, 0) is 19.4 Å². The highest BCUT2D eigenvalue weighted by molar-refractivity contribution is 6.21. The molecule has 0 saturated carbocycles. The Morgan fingerprint density at radius 2 is 2.10 bits per heavy atom. The molecule has 1 aliphatic heterocycles. The topological polar surface area (TPSA) is 3.24 Å². The number of halogens is 1. The van der Waals surface area contributed by atoms with E-state index in [2.05, 4.69) is 25.8 Å². The standard InChI is InChI=1S/C8H16ClN/c1-6(2)8-4-7(9)5-10(8)3/h6-8H,4-5H2,1-3H3. The Morgan fingerprint density at radius 3 is 2.30 bits per heavy atom. The van der Waals surface area contributed by atoms with Gasteiger partial charge in [0, 0.05) is 18.0 Å². The molecule has 60 valence electrons. The molecular formula is C8H16ClN. The van der Waals surface area contributed by atoms with Crippen LogP contribution in [0.3, 0.4) is 0 Å². The largest absolute Gasteiger partial charge is 0.302 e. The number of hydrogen-bond donors (Lipinski definition) is 0. The normalized spacial score (nSPS) is 35.7. The molecule has 0 N–H and O–H groups in total. The van der Waals surface area contributed by atoms with Crippen LogP contribution >= 0.6 is 11.6 Å². The summed E-state index contributed by atoms with van der Waals surface area (Å²) in [5, 5.41) is 0.386. The molecule has 0 aromatic carbocycles. The van der Waals surface area contributed by atoms with Crippen molar-refractivity contribution >= 4 is 11.6 Å². The van der Waals surface area contributed by atoms with Crippen molar-refractivity contribution in [2.24, 2.45) is 5.92 Å². The van der Waals surface area contributed by atoms with Crippen LogP contribution in [0.1, 0.15) is 20.3 Å². The summed E-state index contributed by atoms with van der Waals surface area (Å²) in [7, 11) is 2.16. The summed E-state index contributed by atoms with van der Waals surface area (Å²) < 4.78 is 0. The van der Waals surface area contributed by atoms with Gasteiger partial charge in [-0.2, -0.15) is 0 Å². The van der Waals surface area contributed by atoms with Crippen LogP contribution in [0.4, 0.5) is 0 Å². The molecule has 0 bridgehead atoms. The highest BCUT2D eigenvalue weighted by Crippen LogP contribution is 2.25.